The van der Waals surface area contributed by atoms with Crippen LogP contribution in [0.5, 0.6) is 0 Å². The second-order valence-electron chi connectivity index (χ2n) is 2.10. The Morgan fingerprint density at radius 1 is 0.700 bits per heavy atom. The average Bonchev–Trinajstić information content (AvgIpc) is 1.25. The molecular weight excluding hydrogens is 182 g/mol. The molecule has 0 atom stereocenters. The predicted octanol–water partition coefficient (Wildman–Crippen LogP) is -7.33. The molecule has 0 aromatic rings. The van der Waals surface area contributed by atoms with Crippen molar-refractivity contribution in [1.82, 2.24) is 0 Å². The van der Waals surface area contributed by atoms with Crippen molar-refractivity contribution in [2.75, 3.05) is 0 Å². The van der Waals surface area contributed by atoms with Gasteiger partial charge in [0.2, 0.25) is 0 Å². The van der Waals surface area contributed by atoms with Crippen molar-refractivity contribution in [3.8, 4) is 0 Å². The largest absolute Gasteiger partial charge is 1.00 e. The third kappa shape index (κ3) is 164. The van der Waals surface area contributed by atoms with Crippen LogP contribution in [0.1, 0.15) is 0 Å². The average molecular weight is 196 g/mol. The Morgan fingerprint density at radius 3 is 0.700 bits per heavy atom. The first-order valence-corrected chi connectivity index (χ1v) is 8.34. The molecule has 0 radical (unpaired) electrons. The summed E-state index contributed by atoms with van der Waals surface area (Å²) < 4.78 is 0. The molecule has 0 unspecified atom stereocenters. The minimum absolute atomic E-state index is 0. The minimum Gasteiger partial charge on any atom is -0.861 e. The molecule has 0 spiro atoms. The molecule has 6 heteroatoms. The quantitative estimate of drug-likeness (QED) is 0.361. The molecule has 0 fully saturated rings. The zero-order chi connectivity index (χ0) is 7.15. The Kier molecular flexibility index (Phi) is 39.8. The van der Waals surface area contributed by atoms with E-state index in [1.165, 1.54) is 0 Å². The molecule has 52 valence electrons. The van der Waals surface area contributed by atoms with Crippen LogP contribution in [0.15, 0.2) is 0 Å². The summed E-state index contributed by atoms with van der Waals surface area (Å²) in [6.45, 7) is 7.00. The topological polar surface area (TPSA) is 46.1 Å². The number of hydrogen-bond acceptors (Lipinski definition) is 2. The first kappa shape index (κ1) is 22.8. The Bertz CT molecular complexity index is 34.7. The maximum atomic E-state index is 9.67. The van der Waals surface area contributed by atoms with E-state index < -0.39 is 18.1 Å². The molecule has 0 heterocycles. The van der Waals surface area contributed by atoms with Gasteiger partial charge in [0.05, 0.1) is 0 Å². The van der Waals surface area contributed by atoms with E-state index in [1.807, 2.05) is 0 Å². The second kappa shape index (κ2) is 17.4. The van der Waals surface area contributed by atoms with Crippen LogP contribution < -0.4 is 68.7 Å². The summed E-state index contributed by atoms with van der Waals surface area (Å²) in [5.74, 6) is 0. The minimum atomic E-state index is -1.39. The fourth-order valence-electron chi connectivity index (χ4n) is 0. The van der Waals surface area contributed by atoms with Gasteiger partial charge in [-0.2, -0.15) is 0 Å². The van der Waals surface area contributed by atoms with Crippen molar-refractivity contribution in [2.24, 2.45) is 0 Å². The van der Waals surface area contributed by atoms with Gasteiger partial charge in [0, 0.05) is 0 Å². The van der Waals surface area contributed by atoms with Gasteiger partial charge < -0.3 is 9.59 Å². The normalized spacial score (nSPS) is 7.20. The fourth-order valence-corrected chi connectivity index (χ4v) is 0. The van der Waals surface area contributed by atoms with Gasteiger partial charge in [0.15, 0.2) is 0 Å². The van der Waals surface area contributed by atoms with Crippen molar-refractivity contribution >= 4 is 18.1 Å². The van der Waals surface area contributed by atoms with Gasteiger partial charge in [-0.25, -0.2) is 0 Å². The van der Waals surface area contributed by atoms with E-state index in [-0.39, 0.29) is 59.1 Å². The summed E-state index contributed by atoms with van der Waals surface area (Å²) in [5, 5.41) is 0. The van der Waals surface area contributed by atoms with Gasteiger partial charge in [0.1, 0.15) is 0 Å². The molecule has 0 aromatic carbocycles. The van der Waals surface area contributed by atoms with Crippen LogP contribution in [0, 0.1) is 0 Å². The van der Waals surface area contributed by atoms with E-state index in [1.54, 1.807) is 26.2 Å². The zero-order valence-electron chi connectivity index (χ0n) is 7.97. The Morgan fingerprint density at radius 2 is 0.700 bits per heavy atom. The van der Waals surface area contributed by atoms with Crippen molar-refractivity contribution in [3.63, 3.8) is 0 Å². The van der Waals surface area contributed by atoms with Crippen molar-refractivity contribution in [1.29, 1.82) is 0 Å². The monoisotopic (exact) mass is 196 g/mol. The van der Waals surface area contributed by atoms with Gasteiger partial charge in [-0.1, -0.05) is 44.3 Å². The van der Waals surface area contributed by atoms with E-state index >= 15 is 0 Å². The molecular formula is C4H14Na2O2Si2. The summed E-state index contributed by atoms with van der Waals surface area (Å²) in [5.41, 5.74) is 0. The van der Waals surface area contributed by atoms with Crippen LogP contribution in [0.4, 0.5) is 0 Å². The molecule has 0 bridgehead atoms. The Labute approximate surface area is 111 Å². The van der Waals surface area contributed by atoms with E-state index in [0.717, 1.165) is 0 Å². The van der Waals surface area contributed by atoms with Crippen LogP contribution in [-0.2, 0) is 0 Å². The van der Waals surface area contributed by atoms with Crippen LogP contribution in [0.3, 0.4) is 0 Å². The molecule has 0 rings (SSSR count). The smallest absolute Gasteiger partial charge is 0.861 e. The van der Waals surface area contributed by atoms with Crippen molar-refractivity contribution in [3.05, 3.63) is 0 Å². The maximum Gasteiger partial charge on any atom is 1.00 e. The van der Waals surface area contributed by atoms with Crippen LogP contribution >= 0.6 is 0 Å². The van der Waals surface area contributed by atoms with Crippen LogP contribution in [0.25, 0.3) is 0 Å². The molecule has 0 saturated carbocycles. The number of hydrogen-bond donors (Lipinski definition) is 0. The third-order valence-corrected chi connectivity index (χ3v) is 0. The van der Waals surface area contributed by atoms with Crippen molar-refractivity contribution < 1.29 is 68.7 Å². The maximum absolute atomic E-state index is 9.67. The summed E-state index contributed by atoms with van der Waals surface area (Å²) in [4.78, 5) is 19.3. The van der Waals surface area contributed by atoms with Crippen molar-refractivity contribution in [2.45, 2.75) is 26.2 Å². The molecule has 0 amide bonds. The molecule has 10 heavy (non-hydrogen) atoms. The van der Waals surface area contributed by atoms with Gasteiger partial charge >= 0.3 is 59.1 Å². The molecule has 0 aromatic heterocycles. The molecule has 0 aliphatic carbocycles. The molecule has 0 N–H and O–H groups in total. The molecule has 0 aliphatic rings. The third-order valence-electron chi connectivity index (χ3n) is 0. The first-order chi connectivity index (χ1) is 3.46. The summed E-state index contributed by atoms with van der Waals surface area (Å²) >= 11 is 0. The van der Waals surface area contributed by atoms with Gasteiger partial charge in [-0.15, -0.1) is 0 Å². The Hall–Kier alpha value is 2.35. The van der Waals surface area contributed by atoms with Crippen LogP contribution in [0.2, 0.25) is 26.2 Å². The molecule has 0 saturated heterocycles. The standard InChI is InChI=1S/2C2H7OSi.2Na/c2*1-4(2)3;;/h2*4H,1-2H3;;/q2*-1;2*+1. The SMILES string of the molecule is C[SiH](C)[O-].C[SiH](C)[O-].[Na+].[Na+]. The van der Waals surface area contributed by atoms with Crippen LogP contribution in [-0.4, -0.2) is 18.1 Å². The molecule has 2 nitrogen and oxygen atoms in total. The Balaban J connectivity index is -0.0000000300. The second-order valence-corrected chi connectivity index (χ2v) is 6.29. The predicted molar refractivity (Wildman–Crippen MR) is 37.8 cm³/mol. The van der Waals surface area contributed by atoms with E-state index in [2.05, 4.69) is 0 Å². The summed E-state index contributed by atoms with van der Waals surface area (Å²) in [6.07, 6.45) is 0. The molecule has 0 aliphatic heterocycles. The summed E-state index contributed by atoms with van der Waals surface area (Å²) in [6, 6.07) is 0. The first-order valence-electron chi connectivity index (χ1n) is 2.78. The number of rotatable bonds is 0. The summed E-state index contributed by atoms with van der Waals surface area (Å²) in [7, 11) is -2.78. The van der Waals surface area contributed by atoms with Gasteiger partial charge in [-0.3, -0.25) is 0 Å². The fraction of sp³-hybridized carbons (Fsp3) is 1.00. The van der Waals surface area contributed by atoms with Gasteiger partial charge in [-0.05, 0) is 0 Å². The van der Waals surface area contributed by atoms with Gasteiger partial charge in [0.25, 0.3) is 0 Å². The van der Waals surface area contributed by atoms with E-state index in [0.29, 0.717) is 0 Å². The van der Waals surface area contributed by atoms with E-state index in [9.17, 15) is 9.59 Å². The van der Waals surface area contributed by atoms with E-state index in [4.69, 9.17) is 0 Å². The zero-order valence-corrected chi connectivity index (χ0v) is 14.3.